The molecule has 0 saturated heterocycles. The van der Waals surface area contributed by atoms with Crippen LogP contribution in [-0.4, -0.2) is 19.0 Å². The zero-order valence-corrected chi connectivity index (χ0v) is 8.72. The Bertz CT molecular complexity index is 223. The molecule has 1 N–H and O–H groups in total. The van der Waals surface area contributed by atoms with Crippen LogP contribution in [0, 0.1) is 0 Å². The Morgan fingerprint density at radius 1 is 1.31 bits per heavy atom. The van der Waals surface area contributed by atoms with Crippen LogP contribution in [0.5, 0.6) is 0 Å². The Labute approximate surface area is 85.1 Å². The average molecular weight is 198 g/mol. The molecule has 1 rings (SSSR count). The van der Waals surface area contributed by atoms with E-state index in [4.69, 9.17) is 11.6 Å². The average Bonchev–Trinajstić information content (AvgIpc) is 2.19. The number of rotatable bonds is 5. The zero-order chi connectivity index (χ0) is 9.52. The van der Waals surface area contributed by atoms with Crippen molar-refractivity contribution in [1.82, 2.24) is 5.32 Å². The summed E-state index contributed by atoms with van der Waals surface area (Å²) in [7, 11) is 1.99. The molecule has 0 aromatic heterocycles. The highest BCUT2D eigenvalue weighted by Gasteiger charge is 2.05. The third-order valence-electron chi connectivity index (χ3n) is 2.19. The first-order chi connectivity index (χ1) is 6.36. The summed E-state index contributed by atoms with van der Waals surface area (Å²) in [4.78, 5) is 0. The van der Waals surface area contributed by atoms with E-state index < -0.39 is 0 Å². The lowest BCUT2D eigenvalue weighted by molar-refractivity contribution is 0.546. The van der Waals surface area contributed by atoms with Gasteiger partial charge in [0.1, 0.15) is 0 Å². The van der Waals surface area contributed by atoms with Gasteiger partial charge < -0.3 is 5.32 Å². The predicted octanol–water partition coefficient (Wildman–Crippen LogP) is 2.45. The van der Waals surface area contributed by atoms with Gasteiger partial charge in [0.25, 0.3) is 0 Å². The molecule has 0 spiro atoms. The van der Waals surface area contributed by atoms with Crippen LogP contribution in [0.4, 0.5) is 0 Å². The van der Waals surface area contributed by atoms with Crippen molar-refractivity contribution in [2.75, 3.05) is 12.9 Å². The Kier molecular flexibility index (Phi) is 4.87. The Morgan fingerprint density at radius 2 is 2.00 bits per heavy atom. The molecule has 1 nitrogen and oxygen atoms in total. The van der Waals surface area contributed by atoms with E-state index in [-0.39, 0.29) is 0 Å². The summed E-state index contributed by atoms with van der Waals surface area (Å²) in [5.74, 6) is 0.721. The predicted molar refractivity (Wildman–Crippen MR) is 58.3 cm³/mol. The Morgan fingerprint density at radius 3 is 2.54 bits per heavy atom. The number of hydrogen-bond acceptors (Lipinski definition) is 1. The van der Waals surface area contributed by atoms with Gasteiger partial charge in [0.15, 0.2) is 0 Å². The van der Waals surface area contributed by atoms with E-state index in [2.05, 4.69) is 29.6 Å². The largest absolute Gasteiger partial charge is 0.317 e. The first-order valence-corrected chi connectivity index (χ1v) is 5.17. The molecule has 0 amide bonds. The molecule has 0 fully saturated rings. The molecule has 1 aromatic rings. The second kappa shape index (κ2) is 6.01. The van der Waals surface area contributed by atoms with E-state index in [9.17, 15) is 0 Å². The molecular formula is C11H16ClN. The van der Waals surface area contributed by atoms with Gasteiger partial charge in [-0.2, -0.15) is 0 Å². The summed E-state index contributed by atoms with van der Waals surface area (Å²) in [6, 6.07) is 11.0. The van der Waals surface area contributed by atoms with Crippen LogP contribution in [0.3, 0.4) is 0 Å². The highest BCUT2D eigenvalue weighted by molar-refractivity contribution is 6.17. The Hall–Kier alpha value is -0.530. The van der Waals surface area contributed by atoms with Crippen molar-refractivity contribution in [2.24, 2.45) is 0 Å². The first kappa shape index (κ1) is 10.6. The van der Waals surface area contributed by atoms with Crippen molar-refractivity contribution < 1.29 is 0 Å². The maximum absolute atomic E-state index is 5.70. The van der Waals surface area contributed by atoms with Crippen molar-refractivity contribution in [3.63, 3.8) is 0 Å². The number of likely N-dealkylation sites (N-methyl/N-ethyl adjacent to an activating group) is 1. The summed E-state index contributed by atoms with van der Waals surface area (Å²) in [5, 5.41) is 3.27. The van der Waals surface area contributed by atoms with Crippen molar-refractivity contribution in [3.8, 4) is 0 Å². The van der Waals surface area contributed by atoms with Crippen molar-refractivity contribution >= 4 is 11.6 Å². The van der Waals surface area contributed by atoms with Crippen LogP contribution in [0.1, 0.15) is 12.0 Å². The summed E-state index contributed by atoms with van der Waals surface area (Å²) in [6.07, 6.45) is 2.08. The van der Waals surface area contributed by atoms with Crippen LogP contribution in [0.25, 0.3) is 0 Å². The van der Waals surface area contributed by atoms with Gasteiger partial charge in [-0.05, 0) is 25.5 Å². The van der Waals surface area contributed by atoms with Crippen molar-refractivity contribution in [2.45, 2.75) is 18.9 Å². The minimum absolute atomic E-state index is 0.500. The lowest BCUT2D eigenvalue weighted by atomic mass is 10.0. The third-order valence-corrected chi connectivity index (χ3v) is 2.41. The number of hydrogen-bond donors (Lipinski definition) is 1. The molecule has 72 valence electrons. The van der Waals surface area contributed by atoms with Gasteiger partial charge in [0, 0.05) is 11.9 Å². The zero-order valence-electron chi connectivity index (χ0n) is 7.96. The van der Waals surface area contributed by atoms with Crippen LogP contribution < -0.4 is 5.32 Å². The van der Waals surface area contributed by atoms with Gasteiger partial charge in [-0.1, -0.05) is 30.3 Å². The number of alkyl halides is 1. The van der Waals surface area contributed by atoms with E-state index in [1.807, 2.05) is 13.1 Å². The van der Waals surface area contributed by atoms with E-state index in [1.54, 1.807) is 0 Å². The minimum atomic E-state index is 0.500. The van der Waals surface area contributed by atoms with Crippen LogP contribution in [0.15, 0.2) is 30.3 Å². The summed E-state index contributed by atoms with van der Waals surface area (Å²) >= 11 is 5.70. The molecule has 0 saturated carbocycles. The highest BCUT2D eigenvalue weighted by Crippen LogP contribution is 2.05. The number of nitrogens with one attached hydrogen (secondary N) is 1. The van der Waals surface area contributed by atoms with Gasteiger partial charge in [-0.15, -0.1) is 11.6 Å². The molecule has 2 heteroatoms. The second-order valence-corrected chi connectivity index (χ2v) is 3.53. The summed E-state index contributed by atoms with van der Waals surface area (Å²) < 4.78 is 0. The SMILES string of the molecule is CNC(CCCl)Cc1ccccc1. The van der Waals surface area contributed by atoms with Crippen LogP contribution >= 0.6 is 11.6 Å². The van der Waals surface area contributed by atoms with Crippen molar-refractivity contribution in [1.29, 1.82) is 0 Å². The fourth-order valence-electron chi connectivity index (χ4n) is 1.38. The lowest BCUT2D eigenvalue weighted by Gasteiger charge is -2.14. The van der Waals surface area contributed by atoms with E-state index in [0.29, 0.717) is 6.04 Å². The quantitative estimate of drug-likeness (QED) is 0.716. The van der Waals surface area contributed by atoms with E-state index in [1.165, 1.54) is 5.56 Å². The molecule has 0 aliphatic carbocycles. The van der Waals surface area contributed by atoms with Gasteiger partial charge in [-0.3, -0.25) is 0 Å². The van der Waals surface area contributed by atoms with Gasteiger partial charge >= 0.3 is 0 Å². The molecule has 0 radical (unpaired) electrons. The molecule has 0 aliphatic rings. The lowest BCUT2D eigenvalue weighted by Crippen LogP contribution is -2.27. The third kappa shape index (κ3) is 3.79. The van der Waals surface area contributed by atoms with Crippen LogP contribution in [0.2, 0.25) is 0 Å². The summed E-state index contributed by atoms with van der Waals surface area (Å²) in [6.45, 7) is 0. The Balaban J connectivity index is 2.46. The maximum Gasteiger partial charge on any atom is 0.0238 e. The van der Waals surface area contributed by atoms with Crippen LogP contribution in [-0.2, 0) is 6.42 Å². The van der Waals surface area contributed by atoms with Gasteiger partial charge in [0.2, 0.25) is 0 Å². The van der Waals surface area contributed by atoms with E-state index in [0.717, 1.165) is 18.7 Å². The molecule has 1 unspecified atom stereocenters. The van der Waals surface area contributed by atoms with Gasteiger partial charge in [-0.25, -0.2) is 0 Å². The highest BCUT2D eigenvalue weighted by atomic mass is 35.5. The van der Waals surface area contributed by atoms with Gasteiger partial charge in [0.05, 0.1) is 0 Å². The number of halogens is 1. The standard InChI is InChI=1S/C11H16ClN/c1-13-11(7-8-12)9-10-5-3-2-4-6-10/h2-6,11,13H,7-9H2,1H3. The maximum atomic E-state index is 5.70. The number of benzene rings is 1. The smallest absolute Gasteiger partial charge is 0.0238 e. The molecular weight excluding hydrogens is 182 g/mol. The molecule has 1 aromatic carbocycles. The molecule has 0 bridgehead atoms. The topological polar surface area (TPSA) is 12.0 Å². The summed E-state index contributed by atoms with van der Waals surface area (Å²) in [5.41, 5.74) is 1.37. The molecule has 0 aliphatic heterocycles. The minimum Gasteiger partial charge on any atom is -0.317 e. The first-order valence-electron chi connectivity index (χ1n) is 4.64. The fourth-order valence-corrected chi connectivity index (χ4v) is 1.64. The molecule has 0 heterocycles. The van der Waals surface area contributed by atoms with Crippen molar-refractivity contribution in [3.05, 3.63) is 35.9 Å². The molecule has 1 atom stereocenters. The normalized spacial score (nSPS) is 12.8. The second-order valence-electron chi connectivity index (χ2n) is 3.15. The molecule has 13 heavy (non-hydrogen) atoms. The monoisotopic (exact) mass is 197 g/mol. The fraction of sp³-hybridized carbons (Fsp3) is 0.455. The van der Waals surface area contributed by atoms with E-state index >= 15 is 0 Å².